The van der Waals surface area contributed by atoms with Crippen LogP contribution < -0.4 is 10.6 Å². The highest BCUT2D eigenvalue weighted by Crippen LogP contribution is 2.13. The summed E-state index contributed by atoms with van der Waals surface area (Å²) < 4.78 is 0. The largest absolute Gasteiger partial charge is 0.481 e. The van der Waals surface area contributed by atoms with Crippen molar-refractivity contribution in [2.75, 3.05) is 5.32 Å². The number of rotatable bonds is 5. The maximum absolute atomic E-state index is 11.6. The van der Waals surface area contributed by atoms with Crippen molar-refractivity contribution in [1.29, 1.82) is 5.26 Å². The molecule has 0 saturated heterocycles. The zero-order chi connectivity index (χ0) is 15.1. The van der Waals surface area contributed by atoms with E-state index in [0.717, 1.165) is 0 Å². The molecule has 0 bridgehead atoms. The number of nitrogens with zero attached hydrogens (tertiary/aromatic N) is 1. The van der Waals surface area contributed by atoms with Crippen LogP contribution in [0.4, 0.5) is 10.5 Å². The molecule has 8 heteroatoms. The molecular weight excluding hydrogens is 266 g/mol. The summed E-state index contributed by atoms with van der Waals surface area (Å²) in [5.74, 6) is -2.81. The summed E-state index contributed by atoms with van der Waals surface area (Å²) in [6.07, 6.45) is -0.747. The van der Waals surface area contributed by atoms with Gasteiger partial charge in [-0.05, 0) is 12.1 Å². The van der Waals surface area contributed by atoms with Crippen LogP contribution in [-0.4, -0.2) is 34.2 Å². The highest BCUT2D eigenvalue weighted by Gasteiger charge is 2.23. The number of urea groups is 1. The minimum Gasteiger partial charge on any atom is -0.481 e. The van der Waals surface area contributed by atoms with Crippen molar-refractivity contribution in [3.8, 4) is 6.07 Å². The number of hydrogen-bond acceptors (Lipinski definition) is 4. The Morgan fingerprint density at radius 2 is 1.90 bits per heavy atom. The van der Waals surface area contributed by atoms with Crippen molar-refractivity contribution in [1.82, 2.24) is 5.32 Å². The van der Waals surface area contributed by atoms with Gasteiger partial charge in [0.2, 0.25) is 0 Å². The van der Waals surface area contributed by atoms with Crippen molar-refractivity contribution in [3.63, 3.8) is 0 Å². The van der Waals surface area contributed by atoms with Crippen LogP contribution in [0.15, 0.2) is 24.3 Å². The van der Waals surface area contributed by atoms with E-state index in [9.17, 15) is 14.4 Å². The van der Waals surface area contributed by atoms with Gasteiger partial charge in [-0.1, -0.05) is 12.1 Å². The number of amides is 2. The van der Waals surface area contributed by atoms with Crippen LogP contribution in [0.5, 0.6) is 0 Å². The molecule has 0 saturated carbocycles. The van der Waals surface area contributed by atoms with Gasteiger partial charge in [-0.15, -0.1) is 0 Å². The van der Waals surface area contributed by atoms with E-state index < -0.39 is 30.4 Å². The predicted octanol–water partition coefficient (Wildman–Crippen LogP) is 0.608. The third-order valence-corrected chi connectivity index (χ3v) is 2.28. The molecule has 8 nitrogen and oxygen atoms in total. The van der Waals surface area contributed by atoms with Crippen LogP contribution in [0, 0.1) is 11.3 Å². The summed E-state index contributed by atoms with van der Waals surface area (Å²) in [6.45, 7) is 0. The number of carbonyl (C=O) groups excluding carboxylic acids is 1. The van der Waals surface area contributed by atoms with E-state index in [1.54, 1.807) is 12.1 Å². The number of carboxylic acids is 2. The average Bonchev–Trinajstić information content (AvgIpc) is 2.37. The predicted molar refractivity (Wildman–Crippen MR) is 67.0 cm³/mol. The minimum absolute atomic E-state index is 0.201. The second kappa shape index (κ2) is 6.75. The van der Waals surface area contributed by atoms with Gasteiger partial charge < -0.3 is 20.8 Å². The van der Waals surface area contributed by atoms with Crippen LogP contribution in [-0.2, 0) is 9.59 Å². The third-order valence-electron chi connectivity index (χ3n) is 2.28. The molecule has 0 fully saturated rings. The van der Waals surface area contributed by atoms with Gasteiger partial charge in [0.15, 0.2) is 0 Å². The van der Waals surface area contributed by atoms with Gasteiger partial charge in [-0.25, -0.2) is 9.59 Å². The molecule has 0 spiro atoms. The number of nitrogens with one attached hydrogen (secondary N) is 2. The van der Waals surface area contributed by atoms with Crippen LogP contribution in [0.3, 0.4) is 0 Å². The van der Waals surface area contributed by atoms with Gasteiger partial charge in [0.25, 0.3) is 0 Å². The molecule has 0 heterocycles. The Morgan fingerprint density at radius 3 is 2.45 bits per heavy atom. The summed E-state index contributed by atoms with van der Waals surface area (Å²) in [5, 5.41) is 30.4. The summed E-state index contributed by atoms with van der Waals surface area (Å²) in [4.78, 5) is 32.9. The normalized spacial score (nSPS) is 10.9. The summed E-state index contributed by atoms with van der Waals surface area (Å²) in [5.41, 5.74) is 0.403. The number of para-hydroxylation sites is 1. The standard InChI is InChI=1S/C12H11N3O5/c13-6-7-3-1-2-4-8(7)14-12(20)15-9(11(18)19)5-10(16)17/h1-4,9H,5H2,(H,16,17)(H,18,19)(H2,14,15,20). The number of benzene rings is 1. The smallest absolute Gasteiger partial charge is 0.326 e. The molecule has 1 aromatic rings. The summed E-state index contributed by atoms with van der Waals surface area (Å²) >= 11 is 0. The fourth-order valence-corrected chi connectivity index (χ4v) is 1.38. The molecule has 0 aromatic heterocycles. The Kier molecular flexibility index (Phi) is 5.05. The summed E-state index contributed by atoms with van der Waals surface area (Å²) in [7, 11) is 0. The molecule has 0 radical (unpaired) electrons. The van der Waals surface area contributed by atoms with Gasteiger partial charge in [0.1, 0.15) is 12.1 Å². The zero-order valence-electron chi connectivity index (χ0n) is 10.2. The third kappa shape index (κ3) is 4.30. The molecule has 0 aliphatic rings. The fourth-order valence-electron chi connectivity index (χ4n) is 1.38. The van der Waals surface area contributed by atoms with Gasteiger partial charge in [-0.2, -0.15) is 5.26 Å². The van der Waals surface area contributed by atoms with E-state index in [4.69, 9.17) is 15.5 Å². The van der Waals surface area contributed by atoms with Crippen molar-refractivity contribution < 1.29 is 24.6 Å². The van der Waals surface area contributed by atoms with Crippen molar-refractivity contribution >= 4 is 23.7 Å². The molecule has 0 aliphatic carbocycles. The van der Waals surface area contributed by atoms with Crippen molar-refractivity contribution in [3.05, 3.63) is 29.8 Å². The number of anilines is 1. The first-order valence-corrected chi connectivity index (χ1v) is 5.45. The monoisotopic (exact) mass is 277 g/mol. The van der Waals surface area contributed by atoms with Crippen LogP contribution in [0.1, 0.15) is 12.0 Å². The number of nitriles is 1. The lowest BCUT2D eigenvalue weighted by molar-refractivity contribution is -0.145. The van der Waals surface area contributed by atoms with E-state index in [2.05, 4.69) is 5.32 Å². The van der Waals surface area contributed by atoms with Crippen LogP contribution in [0.25, 0.3) is 0 Å². The van der Waals surface area contributed by atoms with Crippen molar-refractivity contribution in [2.24, 2.45) is 0 Å². The molecule has 4 N–H and O–H groups in total. The lowest BCUT2D eigenvalue weighted by Gasteiger charge is -2.13. The Morgan fingerprint density at radius 1 is 1.25 bits per heavy atom. The fraction of sp³-hybridized carbons (Fsp3) is 0.167. The first-order chi connectivity index (χ1) is 9.43. The van der Waals surface area contributed by atoms with Crippen LogP contribution in [0.2, 0.25) is 0 Å². The SMILES string of the molecule is N#Cc1ccccc1NC(=O)NC(CC(=O)O)C(=O)O. The lowest BCUT2D eigenvalue weighted by Crippen LogP contribution is -2.44. The lowest BCUT2D eigenvalue weighted by atomic mass is 10.2. The first-order valence-electron chi connectivity index (χ1n) is 5.45. The molecule has 0 aliphatic heterocycles. The van der Waals surface area contributed by atoms with Gasteiger partial charge in [0, 0.05) is 0 Å². The van der Waals surface area contributed by atoms with E-state index >= 15 is 0 Å². The van der Waals surface area contributed by atoms with E-state index in [1.807, 2.05) is 11.4 Å². The second-order valence-corrected chi connectivity index (χ2v) is 3.74. The molecule has 20 heavy (non-hydrogen) atoms. The van der Waals surface area contributed by atoms with Gasteiger partial charge in [0.05, 0.1) is 17.7 Å². The van der Waals surface area contributed by atoms with Gasteiger partial charge in [-0.3, -0.25) is 4.79 Å². The van der Waals surface area contributed by atoms with Crippen LogP contribution >= 0.6 is 0 Å². The molecule has 1 aromatic carbocycles. The zero-order valence-corrected chi connectivity index (χ0v) is 10.2. The van der Waals surface area contributed by atoms with Gasteiger partial charge >= 0.3 is 18.0 Å². The highest BCUT2D eigenvalue weighted by atomic mass is 16.4. The summed E-state index contributed by atoms with van der Waals surface area (Å²) in [6, 6.07) is 5.53. The van der Waals surface area contributed by atoms with E-state index in [1.165, 1.54) is 12.1 Å². The number of hydrogen-bond donors (Lipinski definition) is 4. The maximum atomic E-state index is 11.6. The molecule has 1 atom stereocenters. The number of carbonyl (C=O) groups is 3. The molecular formula is C12H11N3O5. The minimum atomic E-state index is -1.55. The maximum Gasteiger partial charge on any atom is 0.326 e. The number of carboxylic acid groups (broad SMARTS) is 2. The van der Waals surface area contributed by atoms with E-state index in [-0.39, 0.29) is 11.3 Å². The quantitative estimate of drug-likeness (QED) is 0.621. The van der Waals surface area contributed by atoms with E-state index in [0.29, 0.717) is 0 Å². The molecule has 1 unspecified atom stereocenters. The Bertz CT molecular complexity index is 579. The Labute approximate surface area is 113 Å². The molecule has 1 rings (SSSR count). The highest BCUT2D eigenvalue weighted by molar-refractivity contribution is 5.94. The molecule has 2 amide bonds. The van der Waals surface area contributed by atoms with Crippen molar-refractivity contribution in [2.45, 2.75) is 12.5 Å². The Balaban J connectivity index is 2.73. The first kappa shape index (κ1) is 15.0. The topological polar surface area (TPSA) is 140 Å². The second-order valence-electron chi connectivity index (χ2n) is 3.74. The average molecular weight is 277 g/mol. The number of aliphatic carboxylic acids is 2. The molecule has 104 valence electrons. The Hall–Kier alpha value is -3.08.